The molecule has 4 heteroatoms. The lowest BCUT2D eigenvalue weighted by molar-refractivity contribution is 0.303. The molecule has 0 spiro atoms. The van der Waals surface area contributed by atoms with E-state index in [9.17, 15) is 5.41 Å². The Kier molecular flexibility index (Phi) is 8.45. The molecule has 3 rings (SSSR count). The van der Waals surface area contributed by atoms with Crippen molar-refractivity contribution in [2.24, 2.45) is 0 Å². The minimum Gasteiger partial charge on any atom is -0.370 e. The fraction of sp³-hybridized carbons (Fsp3) is 0.552. The van der Waals surface area contributed by atoms with Gasteiger partial charge in [-0.15, -0.1) is 0 Å². The molecule has 0 atom stereocenters. The Labute approximate surface area is 201 Å². The molecule has 0 fully saturated rings. The molecule has 1 N–H and O–H groups in total. The van der Waals surface area contributed by atoms with Gasteiger partial charge in [-0.2, -0.15) is 0 Å². The van der Waals surface area contributed by atoms with Gasteiger partial charge in [-0.25, -0.2) is 0 Å². The Morgan fingerprint density at radius 2 is 1.24 bits per heavy atom. The van der Waals surface area contributed by atoms with Crippen LogP contribution in [0, 0.1) is 5.41 Å². The zero-order valence-electron chi connectivity index (χ0n) is 22.0. The van der Waals surface area contributed by atoms with Crippen LogP contribution in [0.3, 0.4) is 0 Å². The molecule has 0 aromatic heterocycles. The predicted octanol–water partition coefficient (Wildman–Crippen LogP) is 4.50. The minimum atomic E-state index is 0.699. The van der Waals surface area contributed by atoms with E-state index in [1.165, 1.54) is 45.8 Å². The molecule has 0 aliphatic heterocycles. The van der Waals surface area contributed by atoms with Crippen molar-refractivity contribution in [1.29, 1.82) is 5.41 Å². The SMILES string of the molecule is CCCCc1cccc2c1=C1C(=N)C(N(CC)CC)=C(N(CC)CC)C(N(CC)CC)=C1C=2. The smallest absolute Gasteiger partial charge is 0.0886 e. The van der Waals surface area contributed by atoms with Gasteiger partial charge in [0.2, 0.25) is 0 Å². The average molecular weight is 449 g/mol. The van der Waals surface area contributed by atoms with Crippen LogP contribution in [0.25, 0.3) is 11.6 Å². The van der Waals surface area contributed by atoms with Gasteiger partial charge in [-0.1, -0.05) is 31.5 Å². The van der Waals surface area contributed by atoms with Gasteiger partial charge in [0, 0.05) is 50.4 Å². The molecule has 0 heterocycles. The number of rotatable bonds is 12. The maximum atomic E-state index is 9.60. The van der Waals surface area contributed by atoms with Crippen molar-refractivity contribution in [2.75, 3.05) is 39.3 Å². The van der Waals surface area contributed by atoms with E-state index in [0.29, 0.717) is 5.71 Å². The fourth-order valence-electron chi connectivity index (χ4n) is 5.45. The number of unbranched alkanes of at least 4 members (excludes halogenated alkanes) is 1. The molecule has 0 saturated heterocycles. The third-order valence-electron chi connectivity index (χ3n) is 7.23. The van der Waals surface area contributed by atoms with E-state index in [4.69, 9.17) is 0 Å². The molecule has 0 amide bonds. The van der Waals surface area contributed by atoms with Crippen molar-refractivity contribution >= 4 is 17.4 Å². The van der Waals surface area contributed by atoms with Crippen molar-refractivity contribution in [3.05, 3.63) is 56.9 Å². The van der Waals surface area contributed by atoms with Crippen molar-refractivity contribution in [3.63, 3.8) is 0 Å². The Hall–Kier alpha value is -2.49. The van der Waals surface area contributed by atoms with E-state index in [2.05, 4.69) is 87.4 Å². The predicted molar refractivity (Wildman–Crippen MR) is 143 cm³/mol. The molecule has 2 aliphatic carbocycles. The summed E-state index contributed by atoms with van der Waals surface area (Å²) in [5, 5.41) is 12.2. The van der Waals surface area contributed by atoms with Gasteiger partial charge in [0.05, 0.1) is 22.8 Å². The highest BCUT2D eigenvalue weighted by atomic mass is 15.2. The van der Waals surface area contributed by atoms with Gasteiger partial charge in [0.25, 0.3) is 0 Å². The molecular weight excluding hydrogens is 404 g/mol. The molecule has 0 unspecified atom stereocenters. The van der Waals surface area contributed by atoms with Gasteiger partial charge < -0.3 is 14.7 Å². The van der Waals surface area contributed by atoms with Crippen molar-refractivity contribution in [3.8, 4) is 0 Å². The number of likely N-dealkylation sites (N-methyl/N-ethyl adjacent to an activating group) is 2. The lowest BCUT2D eigenvalue weighted by atomic mass is 9.87. The summed E-state index contributed by atoms with van der Waals surface area (Å²) < 4.78 is 0. The normalized spacial score (nSPS) is 15.0. The van der Waals surface area contributed by atoms with Gasteiger partial charge in [0.15, 0.2) is 0 Å². The molecule has 0 bridgehead atoms. The summed E-state index contributed by atoms with van der Waals surface area (Å²) in [4.78, 5) is 7.37. The summed E-state index contributed by atoms with van der Waals surface area (Å²) >= 11 is 0. The van der Waals surface area contributed by atoms with Gasteiger partial charge in [0.1, 0.15) is 0 Å². The van der Waals surface area contributed by atoms with Crippen LogP contribution in [0.15, 0.2) is 40.9 Å². The quantitative estimate of drug-likeness (QED) is 0.511. The summed E-state index contributed by atoms with van der Waals surface area (Å²) in [6.45, 7) is 21.3. The summed E-state index contributed by atoms with van der Waals surface area (Å²) in [5.41, 5.74) is 8.16. The van der Waals surface area contributed by atoms with Gasteiger partial charge in [-0.05, 0) is 76.5 Å². The maximum Gasteiger partial charge on any atom is 0.0886 e. The lowest BCUT2D eigenvalue weighted by Gasteiger charge is -2.41. The number of hydrogen-bond donors (Lipinski definition) is 1. The van der Waals surface area contributed by atoms with Crippen LogP contribution in [0.5, 0.6) is 0 Å². The lowest BCUT2D eigenvalue weighted by Crippen LogP contribution is -2.42. The first kappa shape index (κ1) is 25.1. The Bertz CT molecular complexity index is 1050. The zero-order valence-corrected chi connectivity index (χ0v) is 22.0. The summed E-state index contributed by atoms with van der Waals surface area (Å²) in [7, 11) is 0. The van der Waals surface area contributed by atoms with Crippen LogP contribution in [0.4, 0.5) is 0 Å². The number of hydrogen-bond acceptors (Lipinski definition) is 4. The van der Waals surface area contributed by atoms with Crippen LogP contribution in [0.1, 0.15) is 66.9 Å². The van der Waals surface area contributed by atoms with Crippen molar-refractivity contribution in [1.82, 2.24) is 14.7 Å². The average Bonchev–Trinajstić information content (AvgIpc) is 3.23. The standard InChI is InChI=1S/C29H44N4/c1-8-15-17-21-18-16-19-22-20-23-25(24(21)22)26(30)28(32(11-4)12-5)29(33(13-6)14-7)27(23)31(9-2)10-3/h16,18-20,30H,8-15,17H2,1-7H3. The molecule has 180 valence electrons. The van der Waals surface area contributed by atoms with Crippen LogP contribution in [0.2, 0.25) is 0 Å². The first-order valence-electron chi connectivity index (χ1n) is 13.2. The number of allylic oxidation sites excluding steroid dienone is 2. The summed E-state index contributed by atoms with van der Waals surface area (Å²) in [5.74, 6) is 0. The molecule has 1 aromatic carbocycles. The first-order valence-corrected chi connectivity index (χ1v) is 13.2. The Morgan fingerprint density at radius 3 is 1.79 bits per heavy atom. The van der Waals surface area contributed by atoms with E-state index >= 15 is 0 Å². The van der Waals surface area contributed by atoms with E-state index < -0.39 is 0 Å². The minimum absolute atomic E-state index is 0.699. The van der Waals surface area contributed by atoms with E-state index in [1.54, 1.807) is 0 Å². The number of benzene rings is 1. The largest absolute Gasteiger partial charge is 0.370 e. The molecule has 33 heavy (non-hydrogen) atoms. The number of aryl methyl sites for hydroxylation is 1. The number of nitrogens with one attached hydrogen (secondary N) is 1. The second-order valence-corrected chi connectivity index (χ2v) is 8.86. The molecule has 0 saturated carbocycles. The second-order valence-electron chi connectivity index (χ2n) is 8.86. The summed E-state index contributed by atoms with van der Waals surface area (Å²) in [6.07, 6.45) is 5.81. The van der Waals surface area contributed by atoms with E-state index in [-0.39, 0.29) is 0 Å². The molecule has 4 nitrogen and oxygen atoms in total. The first-order chi connectivity index (χ1) is 16.0. The Morgan fingerprint density at radius 1 is 0.697 bits per heavy atom. The van der Waals surface area contributed by atoms with Crippen LogP contribution >= 0.6 is 0 Å². The second kappa shape index (κ2) is 11.1. The molecule has 0 radical (unpaired) electrons. The fourth-order valence-corrected chi connectivity index (χ4v) is 5.45. The highest BCUT2D eigenvalue weighted by Crippen LogP contribution is 2.39. The molecule has 1 aromatic rings. The zero-order chi connectivity index (χ0) is 24.1. The van der Waals surface area contributed by atoms with Crippen LogP contribution in [-0.4, -0.2) is 59.7 Å². The van der Waals surface area contributed by atoms with Gasteiger partial charge in [-0.3, -0.25) is 5.41 Å². The van der Waals surface area contributed by atoms with Crippen LogP contribution < -0.4 is 10.4 Å². The maximum absolute atomic E-state index is 9.60. The summed E-state index contributed by atoms with van der Waals surface area (Å²) in [6, 6.07) is 6.72. The van der Waals surface area contributed by atoms with Crippen LogP contribution in [-0.2, 0) is 6.42 Å². The third-order valence-corrected chi connectivity index (χ3v) is 7.23. The van der Waals surface area contributed by atoms with E-state index in [1.807, 2.05) is 0 Å². The topological polar surface area (TPSA) is 33.6 Å². The monoisotopic (exact) mass is 448 g/mol. The molecule has 2 aliphatic rings. The van der Waals surface area contributed by atoms with Gasteiger partial charge >= 0.3 is 0 Å². The van der Waals surface area contributed by atoms with Crippen molar-refractivity contribution < 1.29 is 0 Å². The number of nitrogens with zero attached hydrogens (tertiary/aromatic N) is 3. The number of fused-ring (bicyclic) bond motifs is 2. The highest BCUT2D eigenvalue weighted by Gasteiger charge is 2.37. The van der Waals surface area contributed by atoms with E-state index in [0.717, 1.165) is 57.0 Å². The highest BCUT2D eigenvalue weighted by molar-refractivity contribution is 6.34. The third kappa shape index (κ3) is 4.37. The van der Waals surface area contributed by atoms with Crippen molar-refractivity contribution in [2.45, 2.75) is 67.7 Å². The Balaban J connectivity index is 2.47. The molecular formula is C29H44N4.